The lowest BCUT2D eigenvalue weighted by molar-refractivity contribution is 0.370. The number of halogens is 1. The first-order valence-electron chi connectivity index (χ1n) is 7.46. The Morgan fingerprint density at radius 3 is 2.76 bits per heavy atom. The van der Waals surface area contributed by atoms with Crippen molar-refractivity contribution in [3.8, 4) is 11.4 Å². The molecule has 114 valence electrons. The van der Waals surface area contributed by atoms with Gasteiger partial charge in [0, 0.05) is 22.3 Å². The third-order valence-electron chi connectivity index (χ3n) is 3.68. The second-order valence-electron chi connectivity index (χ2n) is 5.37. The number of aromatic nitrogens is 4. The quantitative estimate of drug-likeness (QED) is 0.768. The minimum absolute atomic E-state index is 0.608. The lowest BCUT2D eigenvalue weighted by Crippen LogP contribution is -2.13. The maximum absolute atomic E-state index is 5.90. The van der Waals surface area contributed by atoms with E-state index in [0.717, 1.165) is 28.8 Å². The van der Waals surface area contributed by atoms with Gasteiger partial charge in [0.2, 0.25) is 0 Å². The molecule has 21 heavy (non-hydrogen) atoms. The third-order valence-corrected chi connectivity index (χ3v) is 4.14. The Bertz CT molecular complexity index is 561. The predicted molar refractivity (Wildman–Crippen MR) is 88.7 cm³/mol. The molecule has 6 heteroatoms. The Balaban J connectivity index is 2.21. The first-order valence-corrected chi connectivity index (χ1v) is 8.26. The second kappa shape index (κ2) is 7.54. The van der Waals surface area contributed by atoms with E-state index in [1.165, 1.54) is 19.3 Å². The van der Waals surface area contributed by atoms with Gasteiger partial charge < -0.3 is 5.73 Å². The number of nitrogens with zero attached hydrogens (tertiary/aromatic N) is 4. The summed E-state index contributed by atoms with van der Waals surface area (Å²) in [5.74, 6) is 1.38. The number of unbranched alkanes of at least 4 members (excludes halogenated alkanes) is 1. The molecule has 0 saturated carbocycles. The Morgan fingerprint density at radius 1 is 1.29 bits per heavy atom. The SMILES string of the molecule is CCCCC(CC)Cn1nnnc1-c1cc(N)cc(Br)c1. The fourth-order valence-electron chi connectivity index (χ4n) is 2.44. The van der Waals surface area contributed by atoms with E-state index in [1.807, 2.05) is 22.9 Å². The summed E-state index contributed by atoms with van der Waals surface area (Å²) in [6.07, 6.45) is 4.83. The van der Waals surface area contributed by atoms with Crippen LogP contribution in [0.15, 0.2) is 22.7 Å². The first kappa shape index (κ1) is 15.9. The van der Waals surface area contributed by atoms with Crippen LogP contribution in [-0.2, 0) is 6.54 Å². The molecular formula is C15H22BrN5. The average molecular weight is 352 g/mol. The lowest BCUT2D eigenvalue weighted by atomic mass is 9.99. The highest BCUT2D eigenvalue weighted by atomic mass is 79.9. The van der Waals surface area contributed by atoms with Crippen LogP contribution in [0.3, 0.4) is 0 Å². The van der Waals surface area contributed by atoms with Crippen LogP contribution in [0, 0.1) is 5.92 Å². The second-order valence-corrected chi connectivity index (χ2v) is 6.29. The van der Waals surface area contributed by atoms with Crippen molar-refractivity contribution in [3.63, 3.8) is 0 Å². The molecular weight excluding hydrogens is 330 g/mol. The number of nitrogen functional groups attached to an aromatic ring is 1. The fourth-order valence-corrected chi connectivity index (χ4v) is 2.95. The summed E-state index contributed by atoms with van der Waals surface area (Å²) in [4.78, 5) is 0. The van der Waals surface area contributed by atoms with E-state index in [4.69, 9.17) is 5.73 Å². The molecule has 2 rings (SSSR count). The van der Waals surface area contributed by atoms with Gasteiger partial charge in [-0.1, -0.05) is 49.0 Å². The van der Waals surface area contributed by atoms with Crippen molar-refractivity contribution in [2.75, 3.05) is 5.73 Å². The van der Waals surface area contributed by atoms with Gasteiger partial charge in [-0.2, -0.15) is 0 Å². The average Bonchev–Trinajstić information content (AvgIpc) is 2.90. The van der Waals surface area contributed by atoms with Gasteiger partial charge in [-0.25, -0.2) is 4.68 Å². The number of tetrazole rings is 1. The summed E-state index contributed by atoms with van der Waals surface area (Å²) in [5.41, 5.74) is 7.54. The zero-order chi connectivity index (χ0) is 15.2. The summed E-state index contributed by atoms with van der Waals surface area (Å²) in [7, 11) is 0. The molecule has 0 spiro atoms. The van der Waals surface area contributed by atoms with E-state index in [1.54, 1.807) is 0 Å². The highest BCUT2D eigenvalue weighted by Crippen LogP contribution is 2.25. The van der Waals surface area contributed by atoms with E-state index in [2.05, 4.69) is 45.3 Å². The first-order chi connectivity index (χ1) is 10.1. The maximum atomic E-state index is 5.90. The molecule has 2 aromatic rings. The smallest absolute Gasteiger partial charge is 0.182 e. The summed E-state index contributed by atoms with van der Waals surface area (Å²) >= 11 is 3.46. The number of anilines is 1. The molecule has 0 aliphatic rings. The van der Waals surface area contributed by atoms with Crippen LogP contribution in [-0.4, -0.2) is 20.2 Å². The van der Waals surface area contributed by atoms with Crippen LogP contribution < -0.4 is 5.73 Å². The van der Waals surface area contributed by atoms with E-state index in [0.29, 0.717) is 11.6 Å². The number of hydrogen-bond donors (Lipinski definition) is 1. The number of nitrogens with two attached hydrogens (primary N) is 1. The summed E-state index contributed by atoms with van der Waals surface area (Å²) in [6, 6.07) is 5.76. The zero-order valence-electron chi connectivity index (χ0n) is 12.6. The Labute approximate surface area is 134 Å². The van der Waals surface area contributed by atoms with Crippen LogP contribution in [0.5, 0.6) is 0 Å². The van der Waals surface area contributed by atoms with E-state index in [-0.39, 0.29) is 0 Å². The monoisotopic (exact) mass is 351 g/mol. The van der Waals surface area contributed by atoms with E-state index < -0.39 is 0 Å². The number of benzene rings is 1. The van der Waals surface area contributed by atoms with Crippen LogP contribution in [0.4, 0.5) is 5.69 Å². The van der Waals surface area contributed by atoms with Crippen molar-refractivity contribution in [2.24, 2.45) is 5.92 Å². The van der Waals surface area contributed by atoms with Crippen LogP contribution >= 0.6 is 15.9 Å². The fraction of sp³-hybridized carbons (Fsp3) is 0.533. The van der Waals surface area contributed by atoms with Crippen molar-refractivity contribution < 1.29 is 0 Å². The van der Waals surface area contributed by atoms with E-state index in [9.17, 15) is 0 Å². The number of hydrogen-bond acceptors (Lipinski definition) is 4. The molecule has 0 aliphatic heterocycles. The van der Waals surface area contributed by atoms with Crippen molar-refractivity contribution in [2.45, 2.75) is 46.1 Å². The normalized spacial score (nSPS) is 12.5. The van der Waals surface area contributed by atoms with Gasteiger partial charge in [-0.15, -0.1) is 5.10 Å². The van der Waals surface area contributed by atoms with Crippen molar-refractivity contribution in [3.05, 3.63) is 22.7 Å². The number of rotatable bonds is 7. The van der Waals surface area contributed by atoms with Crippen LogP contribution in [0.1, 0.15) is 39.5 Å². The summed E-state index contributed by atoms with van der Waals surface area (Å²) < 4.78 is 2.83. The van der Waals surface area contributed by atoms with Crippen LogP contribution in [0.25, 0.3) is 11.4 Å². The minimum atomic E-state index is 0.608. The molecule has 0 fully saturated rings. The largest absolute Gasteiger partial charge is 0.399 e. The molecule has 1 heterocycles. The van der Waals surface area contributed by atoms with Crippen molar-refractivity contribution >= 4 is 21.6 Å². The predicted octanol–water partition coefficient (Wildman–Crippen LogP) is 3.90. The zero-order valence-corrected chi connectivity index (χ0v) is 14.2. The Kier molecular flexibility index (Phi) is 5.73. The van der Waals surface area contributed by atoms with Crippen LogP contribution in [0.2, 0.25) is 0 Å². The maximum Gasteiger partial charge on any atom is 0.182 e. The van der Waals surface area contributed by atoms with Gasteiger partial charge in [0.25, 0.3) is 0 Å². The molecule has 1 aromatic carbocycles. The van der Waals surface area contributed by atoms with Crippen molar-refractivity contribution in [1.29, 1.82) is 0 Å². The molecule has 0 amide bonds. The topological polar surface area (TPSA) is 69.6 Å². The molecule has 0 aliphatic carbocycles. The highest BCUT2D eigenvalue weighted by Gasteiger charge is 2.14. The van der Waals surface area contributed by atoms with Gasteiger partial charge in [-0.3, -0.25) is 0 Å². The Hall–Kier alpha value is -1.43. The molecule has 5 nitrogen and oxygen atoms in total. The summed E-state index contributed by atoms with van der Waals surface area (Å²) in [6.45, 7) is 5.30. The molecule has 1 aromatic heterocycles. The molecule has 2 N–H and O–H groups in total. The lowest BCUT2D eigenvalue weighted by Gasteiger charge is -2.15. The summed E-state index contributed by atoms with van der Waals surface area (Å²) in [5, 5.41) is 12.1. The van der Waals surface area contributed by atoms with Gasteiger partial charge in [0.15, 0.2) is 5.82 Å². The van der Waals surface area contributed by atoms with Gasteiger partial charge in [0.1, 0.15) is 0 Å². The minimum Gasteiger partial charge on any atom is -0.399 e. The molecule has 0 bridgehead atoms. The Morgan fingerprint density at radius 2 is 2.10 bits per heavy atom. The van der Waals surface area contributed by atoms with E-state index >= 15 is 0 Å². The molecule has 1 atom stereocenters. The molecule has 0 saturated heterocycles. The van der Waals surface area contributed by atoms with Gasteiger partial charge in [-0.05, 0) is 41.0 Å². The standard InChI is InChI=1S/C15H22BrN5/c1-3-5-6-11(4-2)10-21-15(18-19-20-21)12-7-13(16)9-14(17)8-12/h7-9,11H,3-6,10,17H2,1-2H3. The molecule has 0 radical (unpaired) electrons. The highest BCUT2D eigenvalue weighted by molar-refractivity contribution is 9.10. The van der Waals surface area contributed by atoms with Crippen molar-refractivity contribution in [1.82, 2.24) is 20.2 Å². The third kappa shape index (κ3) is 4.27. The van der Waals surface area contributed by atoms with Gasteiger partial charge in [0.05, 0.1) is 0 Å². The molecule has 1 unspecified atom stereocenters. The van der Waals surface area contributed by atoms with Gasteiger partial charge >= 0.3 is 0 Å².